The number of hydrogen-bond donors (Lipinski definition) is 1. The predicted octanol–water partition coefficient (Wildman–Crippen LogP) is 1.21. The van der Waals surface area contributed by atoms with Gasteiger partial charge in [0, 0.05) is 18.1 Å². The number of tetrazole rings is 1. The number of nitrogens with zero attached hydrogens (tertiary/aromatic N) is 7. The Kier molecular flexibility index (Phi) is 5.89. The molecule has 4 heterocycles. The summed E-state index contributed by atoms with van der Waals surface area (Å²) in [5, 5.41) is 21.1. The van der Waals surface area contributed by atoms with Gasteiger partial charge in [-0.05, 0) is 46.8 Å². The summed E-state index contributed by atoms with van der Waals surface area (Å²) < 4.78 is 49.7. The van der Waals surface area contributed by atoms with Crippen molar-refractivity contribution in [1.82, 2.24) is 34.5 Å². The molecule has 0 unspecified atom stereocenters. The molecule has 6 rings (SSSR count). The number of ether oxygens (including phenoxy) is 3. The van der Waals surface area contributed by atoms with Crippen LogP contribution in [0.3, 0.4) is 0 Å². The maximum absolute atomic E-state index is 13.0. The van der Waals surface area contributed by atoms with E-state index in [9.17, 15) is 13.7 Å². The second-order valence-corrected chi connectivity index (χ2v) is 10.2. The van der Waals surface area contributed by atoms with Crippen LogP contribution in [0.2, 0.25) is 0 Å². The Balaban J connectivity index is 1.16. The predicted molar refractivity (Wildman–Crippen MR) is 125 cm³/mol. The van der Waals surface area contributed by atoms with Crippen molar-refractivity contribution < 1.29 is 22.6 Å². The van der Waals surface area contributed by atoms with Gasteiger partial charge in [-0.2, -0.15) is 9.94 Å². The molecule has 2 aromatic carbocycles. The monoisotopic (exact) mass is 520 g/mol. The average molecular weight is 521 g/mol. The van der Waals surface area contributed by atoms with Gasteiger partial charge >= 0.3 is 6.01 Å². The molecule has 0 aliphatic carbocycles. The lowest BCUT2D eigenvalue weighted by Crippen LogP contribution is -2.44. The van der Waals surface area contributed by atoms with Crippen molar-refractivity contribution in [3.8, 4) is 23.5 Å². The minimum atomic E-state index is -3.98. The molecule has 1 N–H and O–H groups in total. The number of fused-ring (bicyclic) bond motifs is 1. The maximum atomic E-state index is 13.0. The third-order valence-corrected chi connectivity index (χ3v) is 7.80. The van der Waals surface area contributed by atoms with E-state index in [0.29, 0.717) is 5.75 Å². The molecule has 14 heteroatoms. The Morgan fingerprint density at radius 2 is 1.89 bits per heavy atom. The van der Waals surface area contributed by atoms with Crippen molar-refractivity contribution in [2.24, 2.45) is 0 Å². The molecule has 2 aliphatic rings. The summed E-state index contributed by atoms with van der Waals surface area (Å²) in [5.74, 6) is 0.532. The molecule has 0 bridgehead atoms. The normalized spacial score (nSPS) is 23.0. The van der Waals surface area contributed by atoms with Gasteiger partial charge in [-0.25, -0.2) is 18.1 Å². The topological polar surface area (TPSA) is 159 Å². The van der Waals surface area contributed by atoms with Crippen LogP contribution in [0.25, 0.3) is 5.69 Å². The third kappa shape index (κ3) is 4.34. The van der Waals surface area contributed by atoms with Gasteiger partial charge in [-0.15, -0.1) is 0 Å². The molecular weight excluding hydrogens is 500 g/mol. The standard InChI is InChI=1S/C23H20N8O5S/c24-11-15-3-1-2-4-20(15)37(32,33)27-18-12-34-22-19(13-35-21(18)22)31-23(26-28-29-31)36-17-7-5-16(6-8-17)30-10-9-25-14-30/h1-10,14,18-19,21-22,27H,12-13H2/t18-,19-,21+,22+/m0/s1. The highest BCUT2D eigenvalue weighted by molar-refractivity contribution is 7.89. The lowest BCUT2D eigenvalue weighted by atomic mass is 10.1. The number of rotatable bonds is 7. The van der Waals surface area contributed by atoms with Crippen molar-refractivity contribution in [1.29, 1.82) is 5.26 Å². The quantitative estimate of drug-likeness (QED) is 0.375. The Hall–Kier alpha value is -4.16. The lowest BCUT2D eigenvalue weighted by molar-refractivity contribution is 0.0615. The number of imidazole rings is 1. The van der Waals surface area contributed by atoms with Crippen LogP contribution in [0.15, 0.2) is 72.1 Å². The van der Waals surface area contributed by atoms with Gasteiger partial charge in [0.05, 0.1) is 36.0 Å². The van der Waals surface area contributed by atoms with E-state index in [-0.39, 0.29) is 29.7 Å². The van der Waals surface area contributed by atoms with E-state index in [2.05, 4.69) is 25.2 Å². The largest absolute Gasteiger partial charge is 0.423 e. The van der Waals surface area contributed by atoms with Crippen molar-refractivity contribution in [2.45, 2.75) is 29.2 Å². The summed E-state index contributed by atoms with van der Waals surface area (Å²) in [4.78, 5) is 3.95. The third-order valence-electron chi connectivity index (χ3n) is 6.26. The van der Waals surface area contributed by atoms with Crippen LogP contribution in [0, 0.1) is 11.3 Å². The van der Waals surface area contributed by atoms with Crippen LogP contribution in [0.5, 0.6) is 11.8 Å². The first-order chi connectivity index (χ1) is 18.0. The molecule has 4 atom stereocenters. The minimum absolute atomic E-state index is 0.0595. The highest BCUT2D eigenvalue weighted by Crippen LogP contribution is 2.36. The fraction of sp³-hybridized carbons (Fsp3) is 0.261. The molecule has 2 fully saturated rings. The lowest BCUT2D eigenvalue weighted by Gasteiger charge is -2.18. The fourth-order valence-corrected chi connectivity index (χ4v) is 5.90. The van der Waals surface area contributed by atoms with E-state index in [1.807, 2.05) is 29.0 Å². The molecule has 2 saturated heterocycles. The number of nitrogens with one attached hydrogen (secondary N) is 1. The number of sulfonamides is 1. The van der Waals surface area contributed by atoms with Crippen molar-refractivity contribution in [3.63, 3.8) is 0 Å². The van der Waals surface area contributed by atoms with Gasteiger partial charge in [0.15, 0.2) is 0 Å². The zero-order valence-electron chi connectivity index (χ0n) is 19.2. The summed E-state index contributed by atoms with van der Waals surface area (Å²) in [6.07, 6.45) is 4.16. The van der Waals surface area contributed by atoms with Gasteiger partial charge in [-0.1, -0.05) is 17.2 Å². The molecule has 0 saturated carbocycles. The van der Waals surface area contributed by atoms with Crippen LogP contribution in [0.1, 0.15) is 11.6 Å². The van der Waals surface area contributed by atoms with Crippen LogP contribution in [-0.4, -0.2) is 69.6 Å². The van der Waals surface area contributed by atoms with E-state index in [4.69, 9.17) is 14.2 Å². The highest BCUT2D eigenvalue weighted by Gasteiger charge is 2.51. The van der Waals surface area contributed by atoms with E-state index in [1.165, 1.54) is 16.8 Å². The van der Waals surface area contributed by atoms with E-state index < -0.39 is 34.3 Å². The second-order valence-electron chi connectivity index (χ2n) is 8.47. The van der Waals surface area contributed by atoms with Gasteiger partial charge < -0.3 is 18.8 Å². The molecule has 4 aromatic rings. The van der Waals surface area contributed by atoms with Gasteiger partial charge in [-0.3, -0.25) is 0 Å². The molecule has 2 aliphatic heterocycles. The Morgan fingerprint density at radius 3 is 2.68 bits per heavy atom. The zero-order valence-corrected chi connectivity index (χ0v) is 20.0. The molecule has 37 heavy (non-hydrogen) atoms. The first kappa shape index (κ1) is 23.3. The molecule has 188 valence electrons. The smallest absolute Gasteiger partial charge is 0.341 e. The Labute approximate surface area is 211 Å². The summed E-state index contributed by atoms with van der Waals surface area (Å²) >= 11 is 0. The molecule has 13 nitrogen and oxygen atoms in total. The Morgan fingerprint density at radius 1 is 1.08 bits per heavy atom. The first-order valence-electron chi connectivity index (χ1n) is 11.3. The number of benzene rings is 2. The number of hydrogen-bond acceptors (Lipinski definition) is 10. The van der Waals surface area contributed by atoms with Crippen LogP contribution in [-0.2, 0) is 19.5 Å². The molecule has 0 amide bonds. The van der Waals surface area contributed by atoms with Gasteiger partial charge in [0.25, 0.3) is 0 Å². The van der Waals surface area contributed by atoms with Crippen LogP contribution in [0.4, 0.5) is 0 Å². The molecule has 0 radical (unpaired) electrons. The second kappa shape index (κ2) is 9.37. The van der Waals surface area contributed by atoms with Crippen LogP contribution >= 0.6 is 0 Å². The average Bonchev–Trinajstić information content (AvgIpc) is 3.71. The first-order valence-corrected chi connectivity index (χ1v) is 12.8. The van der Waals surface area contributed by atoms with Crippen molar-refractivity contribution in [2.75, 3.05) is 13.2 Å². The minimum Gasteiger partial charge on any atom is -0.423 e. The van der Waals surface area contributed by atoms with Crippen LogP contribution < -0.4 is 9.46 Å². The Bertz CT molecular complexity index is 1550. The SMILES string of the molecule is N#Cc1ccccc1S(=O)(=O)N[C@H]1CO[C@H]2[C@@H]1OC[C@@H]2n1nnnc1Oc1ccc(-n2ccnc2)cc1. The summed E-state index contributed by atoms with van der Waals surface area (Å²) in [7, 11) is -3.98. The molecule has 2 aromatic heterocycles. The summed E-state index contributed by atoms with van der Waals surface area (Å²) in [6.45, 7) is 0.289. The van der Waals surface area contributed by atoms with Gasteiger partial charge in [0.1, 0.15) is 30.1 Å². The number of aromatic nitrogens is 6. The fourth-order valence-electron chi connectivity index (χ4n) is 4.51. The maximum Gasteiger partial charge on any atom is 0.341 e. The zero-order chi connectivity index (χ0) is 25.4. The highest BCUT2D eigenvalue weighted by atomic mass is 32.2. The summed E-state index contributed by atoms with van der Waals surface area (Å²) in [5.41, 5.74) is 0.978. The van der Waals surface area contributed by atoms with E-state index in [0.717, 1.165) is 5.69 Å². The molecular formula is C23H20N8O5S. The van der Waals surface area contributed by atoms with E-state index >= 15 is 0 Å². The molecule has 0 spiro atoms. The number of nitriles is 1. The summed E-state index contributed by atoms with van der Waals surface area (Å²) in [6, 6.07) is 14.3. The van der Waals surface area contributed by atoms with E-state index in [1.54, 1.807) is 36.8 Å². The van der Waals surface area contributed by atoms with Crippen molar-refractivity contribution >= 4 is 10.0 Å². The van der Waals surface area contributed by atoms with Crippen molar-refractivity contribution in [3.05, 3.63) is 72.8 Å². The van der Waals surface area contributed by atoms with Gasteiger partial charge in [0.2, 0.25) is 10.0 Å².